The highest BCUT2D eigenvalue weighted by Gasteiger charge is 2.24. The van der Waals surface area contributed by atoms with Crippen LogP contribution in [0.5, 0.6) is 0 Å². The van der Waals surface area contributed by atoms with Gasteiger partial charge in [-0.2, -0.15) is 0 Å². The molecule has 0 saturated carbocycles. The van der Waals surface area contributed by atoms with Gasteiger partial charge in [0.05, 0.1) is 10.5 Å². The van der Waals surface area contributed by atoms with Crippen molar-refractivity contribution in [1.82, 2.24) is 14.9 Å². The SMILES string of the molecule is CC(C)=CCN1CCC(NC(=O)c2cc(S(=O)(=O)NC(C)C)ccc2F)CC1. The molecule has 1 amide bonds. The van der Waals surface area contributed by atoms with Gasteiger partial charge >= 0.3 is 0 Å². The smallest absolute Gasteiger partial charge is 0.254 e. The molecule has 28 heavy (non-hydrogen) atoms. The van der Waals surface area contributed by atoms with Crippen LogP contribution in [0.15, 0.2) is 34.7 Å². The van der Waals surface area contributed by atoms with Crippen molar-refractivity contribution < 1.29 is 17.6 Å². The van der Waals surface area contributed by atoms with Crippen LogP contribution in [0.25, 0.3) is 0 Å². The van der Waals surface area contributed by atoms with Crippen LogP contribution in [0.1, 0.15) is 50.9 Å². The standard InChI is InChI=1S/C20H30FN3O3S/c1-14(2)7-10-24-11-8-16(9-12-24)22-20(25)18-13-17(5-6-19(18)21)28(26,27)23-15(3)4/h5-7,13,15-16,23H,8-12H2,1-4H3,(H,22,25). The van der Waals surface area contributed by atoms with E-state index in [2.05, 4.69) is 34.9 Å². The zero-order valence-electron chi connectivity index (χ0n) is 17.0. The van der Waals surface area contributed by atoms with Crippen LogP contribution in [-0.4, -0.2) is 50.9 Å². The Hall–Kier alpha value is -1.77. The maximum Gasteiger partial charge on any atom is 0.254 e. The van der Waals surface area contributed by atoms with E-state index in [-0.39, 0.29) is 22.5 Å². The van der Waals surface area contributed by atoms with Gasteiger partial charge in [-0.05, 0) is 58.7 Å². The second-order valence-corrected chi connectivity index (χ2v) is 9.46. The van der Waals surface area contributed by atoms with Crippen molar-refractivity contribution >= 4 is 15.9 Å². The molecule has 0 bridgehead atoms. The van der Waals surface area contributed by atoms with Gasteiger partial charge in [0.1, 0.15) is 5.82 Å². The van der Waals surface area contributed by atoms with E-state index in [9.17, 15) is 17.6 Å². The maximum absolute atomic E-state index is 14.2. The number of likely N-dealkylation sites (tertiary alicyclic amines) is 1. The van der Waals surface area contributed by atoms with Gasteiger partial charge in [-0.15, -0.1) is 0 Å². The van der Waals surface area contributed by atoms with Crippen molar-refractivity contribution in [1.29, 1.82) is 0 Å². The first-order chi connectivity index (χ1) is 13.1. The molecule has 156 valence electrons. The Bertz CT molecular complexity index is 825. The number of amides is 1. The third-order valence-electron chi connectivity index (χ3n) is 4.56. The fourth-order valence-electron chi connectivity index (χ4n) is 3.06. The molecule has 8 heteroatoms. The highest BCUT2D eigenvalue weighted by molar-refractivity contribution is 7.89. The van der Waals surface area contributed by atoms with Crippen LogP contribution < -0.4 is 10.0 Å². The number of rotatable bonds is 7. The Labute approximate surface area is 167 Å². The normalized spacial score (nSPS) is 16.2. The number of hydrogen-bond donors (Lipinski definition) is 2. The second kappa shape index (κ2) is 9.62. The van der Waals surface area contributed by atoms with Crippen molar-refractivity contribution in [2.24, 2.45) is 0 Å². The third kappa shape index (κ3) is 6.39. The lowest BCUT2D eigenvalue weighted by Gasteiger charge is -2.31. The van der Waals surface area contributed by atoms with Gasteiger partial charge in [0.25, 0.3) is 5.91 Å². The number of allylic oxidation sites excluding steroid dienone is 1. The number of hydrogen-bond acceptors (Lipinski definition) is 4. The highest BCUT2D eigenvalue weighted by atomic mass is 32.2. The fourth-order valence-corrected chi connectivity index (χ4v) is 4.34. The van der Waals surface area contributed by atoms with Crippen LogP contribution in [0, 0.1) is 5.82 Å². The minimum atomic E-state index is -3.79. The molecule has 0 unspecified atom stereocenters. The largest absolute Gasteiger partial charge is 0.349 e. The van der Waals surface area contributed by atoms with Crippen molar-refractivity contribution in [2.75, 3.05) is 19.6 Å². The van der Waals surface area contributed by atoms with Gasteiger partial charge in [0, 0.05) is 31.7 Å². The second-order valence-electron chi connectivity index (χ2n) is 7.75. The zero-order valence-corrected chi connectivity index (χ0v) is 17.8. The van der Waals surface area contributed by atoms with E-state index in [0.717, 1.165) is 44.6 Å². The minimum Gasteiger partial charge on any atom is -0.349 e. The molecule has 1 heterocycles. The maximum atomic E-state index is 14.2. The summed E-state index contributed by atoms with van der Waals surface area (Å²) in [6.07, 6.45) is 3.72. The molecule has 0 aromatic heterocycles. The van der Waals surface area contributed by atoms with Gasteiger partial charge in [-0.25, -0.2) is 17.5 Å². The van der Waals surface area contributed by atoms with Crippen LogP contribution >= 0.6 is 0 Å². The van der Waals surface area contributed by atoms with E-state index < -0.39 is 21.7 Å². The van der Waals surface area contributed by atoms with Crippen LogP contribution in [0.3, 0.4) is 0 Å². The van der Waals surface area contributed by atoms with Gasteiger partial charge in [0.2, 0.25) is 10.0 Å². The third-order valence-corrected chi connectivity index (χ3v) is 6.22. The van der Waals surface area contributed by atoms with Crippen molar-refractivity contribution in [3.05, 3.63) is 41.2 Å². The molecule has 6 nitrogen and oxygen atoms in total. The number of carbonyl (C=O) groups excluding carboxylic acids is 1. The number of carbonyl (C=O) groups is 1. The lowest BCUT2D eigenvalue weighted by atomic mass is 10.0. The first kappa shape index (κ1) is 22.5. The Morgan fingerprint density at radius 1 is 1.29 bits per heavy atom. The average Bonchev–Trinajstić information content (AvgIpc) is 2.60. The summed E-state index contributed by atoms with van der Waals surface area (Å²) < 4.78 is 41.2. The molecule has 0 radical (unpaired) electrons. The molecule has 1 aromatic carbocycles. The first-order valence-electron chi connectivity index (χ1n) is 9.57. The molecule has 1 fully saturated rings. The zero-order chi connectivity index (χ0) is 20.9. The molecular formula is C20H30FN3O3S. The lowest BCUT2D eigenvalue weighted by Crippen LogP contribution is -2.44. The molecule has 1 aliphatic heterocycles. The van der Waals surface area contributed by atoms with Crippen LogP contribution in [0.4, 0.5) is 4.39 Å². The van der Waals surface area contributed by atoms with E-state index >= 15 is 0 Å². The minimum absolute atomic E-state index is 0.0519. The van der Waals surface area contributed by atoms with Gasteiger partial charge in [-0.1, -0.05) is 11.6 Å². The number of piperidine rings is 1. The van der Waals surface area contributed by atoms with Gasteiger partial charge in [0.15, 0.2) is 0 Å². The Morgan fingerprint density at radius 3 is 2.50 bits per heavy atom. The predicted molar refractivity (Wildman–Crippen MR) is 108 cm³/mol. The molecule has 0 atom stereocenters. The lowest BCUT2D eigenvalue weighted by molar-refractivity contribution is 0.0909. The summed E-state index contributed by atoms with van der Waals surface area (Å²) in [5, 5.41) is 2.84. The molecule has 0 spiro atoms. The van der Waals surface area contributed by atoms with Crippen LogP contribution in [0.2, 0.25) is 0 Å². The van der Waals surface area contributed by atoms with Gasteiger partial charge < -0.3 is 5.32 Å². The summed E-state index contributed by atoms with van der Waals surface area (Å²) in [5.74, 6) is -1.32. The molecular weight excluding hydrogens is 381 g/mol. The molecule has 1 saturated heterocycles. The molecule has 1 aromatic rings. The van der Waals surface area contributed by atoms with E-state index in [1.54, 1.807) is 13.8 Å². The average molecular weight is 412 g/mol. The Morgan fingerprint density at radius 2 is 1.93 bits per heavy atom. The topological polar surface area (TPSA) is 78.5 Å². The number of halogens is 1. The van der Waals surface area contributed by atoms with E-state index in [1.807, 2.05) is 0 Å². The monoisotopic (exact) mass is 411 g/mol. The van der Waals surface area contributed by atoms with E-state index in [4.69, 9.17) is 0 Å². The van der Waals surface area contributed by atoms with Crippen molar-refractivity contribution in [3.63, 3.8) is 0 Å². The molecule has 0 aliphatic carbocycles. The summed E-state index contributed by atoms with van der Waals surface area (Å²) in [4.78, 5) is 14.7. The quantitative estimate of drug-likeness (QED) is 0.676. The molecule has 1 aliphatic rings. The van der Waals surface area contributed by atoms with Crippen molar-refractivity contribution in [2.45, 2.75) is 57.5 Å². The number of benzene rings is 1. The summed E-state index contributed by atoms with van der Waals surface area (Å²) in [5.41, 5.74) is 1.02. The summed E-state index contributed by atoms with van der Waals surface area (Å²) >= 11 is 0. The number of sulfonamides is 1. The van der Waals surface area contributed by atoms with Crippen LogP contribution in [-0.2, 0) is 10.0 Å². The van der Waals surface area contributed by atoms with E-state index in [0.29, 0.717) is 0 Å². The number of nitrogens with zero attached hydrogens (tertiary/aromatic N) is 1. The summed E-state index contributed by atoms with van der Waals surface area (Å²) in [6, 6.07) is 2.93. The highest BCUT2D eigenvalue weighted by Crippen LogP contribution is 2.17. The summed E-state index contributed by atoms with van der Waals surface area (Å²) in [6.45, 7) is 10.1. The molecule has 2 rings (SSSR count). The summed E-state index contributed by atoms with van der Waals surface area (Å²) in [7, 11) is -3.79. The first-order valence-corrected chi connectivity index (χ1v) is 11.1. The predicted octanol–water partition coefficient (Wildman–Crippen LogP) is 2.67. The Balaban J connectivity index is 2.03. The van der Waals surface area contributed by atoms with E-state index in [1.165, 1.54) is 11.6 Å². The fraction of sp³-hybridized carbons (Fsp3) is 0.550. The Kier molecular flexibility index (Phi) is 7.74. The number of nitrogens with one attached hydrogen (secondary N) is 2. The van der Waals surface area contributed by atoms with Crippen molar-refractivity contribution in [3.8, 4) is 0 Å². The molecule has 2 N–H and O–H groups in total. The van der Waals surface area contributed by atoms with Gasteiger partial charge in [-0.3, -0.25) is 9.69 Å².